The number of hydrogen-bond donors (Lipinski definition) is 3. The van der Waals surface area contributed by atoms with E-state index >= 15 is 0 Å². The number of benzene rings is 1. The molecule has 0 aliphatic heterocycles. The maximum Gasteiger partial charge on any atom is 0.222 e. The van der Waals surface area contributed by atoms with Crippen LogP contribution >= 0.6 is 24.0 Å². The lowest BCUT2D eigenvalue weighted by molar-refractivity contribution is -0.121. The van der Waals surface area contributed by atoms with Gasteiger partial charge in [-0.2, -0.15) is 0 Å². The minimum atomic E-state index is -0.447. The van der Waals surface area contributed by atoms with E-state index in [0.717, 1.165) is 35.4 Å². The molecule has 2 rings (SSSR count). The average molecular weight is 531 g/mol. The average Bonchev–Trinajstić information content (AvgIpc) is 3.12. The second kappa shape index (κ2) is 13.2. The van der Waals surface area contributed by atoms with Crippen molar-refractivity contribution in [3.8, 4) is 0 Å². The second-order valence-corrected chi connectivity index (χ2v) is 6.74. The SMILES string of the molecule is CCNC(=NCc1c(CC)noc1CC)NCC(Cc1ccc(F)cc1)C(N)=O.I. The molecular weight excluding hydrogens is 500 g/mol. The smallest absolute Gasteiger partial charge is 0.222 e. The molecule has 1 atom stereocenters. The van der Waals surface area contributed by atoms with Crippen molar-refractivity contribution in [2.24, 2.45) is 16.6 Å². The number of rotatable bonds is 10. The quantitative estimate of drug-likeness (QED) is 0.249. The van der Waals surface area contributed by atoms with Gasteiger partial charge in [-0.1, -0.05) is 31.1 Å². The summed E-state index contributed by atoms with van der Waals surface area (Å²) in [6.45, 7) is 7.45. The van der Waals surface area contributed by atoms with Crippen molar-refractivity contribution in [1.29, 1.82) is 0 Å². The first-order valence-electron chi connectivity index (χ1n) is 10.0. The molecule has 0 spiro atoms. The molecule has 9 heteroatoms. The summed E-state index contributed by atoms with van der Waals surface area (Å²) >= 11 is 0. The van der Waals surface area contributed by atoms with Crippen molar-refractivity contribution in [2.45, 2.75) is 46.6 Å². The molecule has 1 unspecified atom stereocenters. The lowest BCUT2D eigenvalue weighted by Gasteiger charge is -2.17. The Morgan fingerprint density at radius 3 is 2.47 bits per heavy atom. The fourth-order valence-corrected chi connectivity index (χ4v) is 3.01. The molecule has 1 amide bonds. The summed E-state index contributed by atoms with van der Waals surface area (Å²) in [5.41, 5.74) is 8.33. The summed E-state index contributed by atoms with van der Waals surface area (Å²) in [6, 6.07) is 6.08. The number of aryl methyl sites for hydroxylation is 2. The lowest BCUT2D eigenvalue weighted by atomic mass is 9.98. The van der Waals surface area contributed by atoms with Crippen LogP contribution in [0.3, 0.4) is 0 Å². The maximum absolute atomic E-state index is 13.1. The van der Waals surface area contributed by atoms with Crippen LogP contribution in [-0.4, -0.2) is 30.1 Å². The molecular formula is C21H31FIN5O2. The Labute approximate surface area is 194 Å². The van der Waals surface area contributed by atoms with E-state index in [1.165, 1.54) is 12.1 Å². The highest BCUT2D eigenvalue weighted by Crippen LogP contribution is 2.17. The Balaban J connectivity index is 0.00000450. The van der Waals surface area contributed by atoms with Crippen molar-refractivity contribution >= 4 is 35.8 Å². The van der Waals surface area contributed by atoms with E-state index < -0.39 is 11.8 Å². The number of nitrogens with zero attached hydrogens (tertiary/aromatic N) is 2. The Morgan fingerprint density at radius 1 is 1.20 bits per heavy atom. The number of aromatic nitrogens is 1. The lowest BCUT2D eigenvalue weighted by Crippen LogP contribution is -2.43. The standard InChI is InChI=1S/C21H30FN5O2.HI/c1-4-18-17(19(5-2)29-27-18)13-26-21(24-6-3)25-12-15(20(23)28)11-14-7-9-16(22)10-8-14;/h7-10,15H,4-6,11-13H2,1-3H3,(H2,23,28)(H2,24,25,26);1H. The number of halogens is 2. The van der Waals surface area contributed by atoms with Gasteiger partial charge in [0, 0.05) is 25.1 Å². The molecule has 1 heterocycles. The number of aliphatic imine (C=N–C) groups is 1. The van der Waals surface area contributed by atoms with E-state index in [-0.39, 0.29) is 29.8 Å². The van der Waals surface area contributed by atoms with Crippen molar-refractivity contribution in [2.75, 3.05) is 13.1 Å². The van der Waals surface area contributed by atoms with E-state index in [2.05, 4.69) is 20.8 Å². The van der Waals surface area contributed by atoms with Gasteiger partial charge in [0.25, 0.3) is 0 Å². The maximum atomic E-state index is 13.1. The monoisotopic (exact) mass is 531 g/mol. The van der Waals surface area contributed by atoms with Gasteiger partial charge in [-0.25, -0.2) is 9.38 Å². The Bertz CT molecular complexity index is 802. The number of nitrogens with two attached hydrogens (primary N) is 1. The van der Waals surface area contributed by atoms with Gasteiger partial charge in [-0.15, -0.1) is 24.0 Å². The van der Waals surface area contributed by atoms with E-state index in [9.17, 15) is 9.18 Å². The molecule has 30 heavy (non-hydrogen) atoms. The molecule has 0 saturated carbocycles. The minimum absolute atomic E-state index is 0. The zero-order valence-electron chi connectivity index (χ0n) is 17.7. The molecule has 0 aliphatic rings. The van der Waals surface area contributed by atoms with Crippen LogP contribution in [0.2, 0.25) is 0 Å². The molecule has 0 aliphatic carbocycles. The zero-order valence-corrected chi connectivity index (χ0v) is 20.0. The van der Waals surface area contributed by atoms with Crippen molar-refractivity contribution in [3.05, 3.63) is 52.7 Å². The zero-order chi connectivity index (χ0) is 21.2. The summed E-state index contributed by atoms with van der Waals surface area (Å²) in [4.78, 5) is 16.5. The summed E-state index contributed by atoms with van der Waals surface area (Å²) in [5.74, 6) is 0.252. The van der Waals surface area contributed by atoms with Gasteiger partial charge in [0.05, 0.1) is 18.2 Å². The minimum Gasteiger partial charge on any atom is -0.369 e. The van der Waals surface area contributed by atoms with Crippen LogP contribution in [0.5, 0.6) is 0 Å². The first kappa shape index (κ1) is 25.9. The Morgan fingerprint density at radius 2 is 1.90 bits per heavy atom. The van der Waals surface area contributed by atoms with E-state index in [1.807, 2.05) is 20.8 Å². The predicted molar refractivity (Wildman–Crippen MR) is 126 cm³/mol. The molecule has 0 saturated heterocycles. The number of nitrogens with one attached hydrogen (secondary N) is 2. The van der Waals surface area contributed by atoms with Crippen LogP contribution in [0.15, 0.2) is 33.8 Å². The van der Waals surface area contributed by atoms with Gasteiger partial charge in [0.2, 0.25) is 5.91 Å². The third kappa shape index (κ3) is 7.58. The van der Waals surface area contributed by atoms with Crippen molar-refractivity contribution in [1.82, 2.24) is 15.8 Å². The van der Waals surface area contributed by atoms with E-state index in [0.29, 0.717) is 32.0 Å². The fraction of sp³-hybridized carbons (Fsp3) is 0.476. The molecule has 1 aromatic carbocycles. The summed E-state index contributed by atoms with van der Waals surface area (Å²) < 4.78 is 18.5. The molecule has 1 aromatic heterocycles. The molecule has 0 radical (unpaired) electrons. The summed E-state index contributed by atoms with van der Waals surface area (Å²) in [7, 11) is 0. The number of carbonyl (C=O) groups is 1. The van der Waals surface area contributed by atoms with Crippen molar-refractivity contribution in [3.63, 3.8) is 0 Å². The van der Waals surface area contributed by atoms with Crippen LogP contribution in [0.25, 0.3) is 0 Å². The summed E-state index contributed by atoms with van der Waals surface area (Å²) in [5, 5.41) is 10.5. The molecule has 4 N–H and O–H groups in total. The van der Waals surface area contributed by atoms with Crippen LogP contribution in [-0.2, 0) is 30.6 Å². The van der Waals surface area contributed by atoms with Crippen LogP contribution in [0.4, 0.5) is 4.39 Å². The van der Waals surface area contributed by atoms with Gasteiger partial charge in [-0.05, 0) is 37.5 Å². The molecule has 166 valence electrons. The highest BCUT2D eigenvalue weighted by atomic mass is 127. The number of guanidine groups is 1. The number of amides is 1. The van der Waals surface area contributed by atoms with Gasteiger partial charge in [0.15, 0.2) is 5.96 Å². The second-order valence-electron chi connectivity index (χ2n) is 6.74. The highest BCUT2D eigenvalue weighted by molar-refractivity contribution is 14.0. The van der Waals surface area contributed by atoms with Gasteiger partial charge < -0.3 is 20.9 Å². The number of carbonyl (C=O) groups excluding carboxylic acids is 1. The molecule has 0 bridgehead atoms. The topological polar surface area (TPSA) is 106 Å². The molecule has 0 fully saturated rings. The van der Waals surface area contributed by atoms with Crippen LogP contribution in [0.1, 0.15) is 43.4 Å². The van der Waals surface area contributed by atoms with Crippen LogP contribution in [0, 0.1) is 11.7 Å². The van der Waals surface area contributed by atoms with E-state index in [4.69, 9.17) is 10.3 Å². The third-order valence-corrected chi connectivity index (χ3v) is 4.66. The first-order valence-corrected chi connectivity index (χ1v) is 10.0. The molecule has 7 nitrogen and oxygen atoms in total. The normalized spacial score (nSPS) is 12.2. The molecule has 2 aromatic rings. The fourth-order valence-electron chi connectivity index (χ4n) is 3.01. The highest BCUT2D eigenvalue weighted by Gasteiger charge is 2.17. The van der Waals surface area contributed by atoms with Crippen molar-refractivity contribution < 1.29 is 13.7 Å². The van der Waals surface area contributed by atoms with Gasteiger partial charge >= 0.3 is 0 Å². The third-order valence-electron chi connectivity index (χ3n) is 4.66. The van der Waals surface area contributed by atoms with Gasteiger partial charge in [-0.3, -0.25) is 4.79 Å². The summed E-state index contributed by atoms with van der Waals surface area (Å²) in [6.07, 6.45) is 1.95. The van der Waals surface area contributed by atoms with Crippen LogP contribution < -0.4 is 16.4 Å². The predicted octanol–water partition coefficient (Wildman–Crippen LogP) is 2.96. The van der Waals surface area contributed by atoms with Gasteiger partial charge in [0.1, 0.15) is 11.6 Å². The largest absolute Gasteiger partial charge is 0.369 e. The first-order chi connectivity index (χ1) is 14.0. The Kier molecular flexibility index (Phi) is 11.4. The Hall–Kier alpha value is -2.17. The van der Waals surface area contributed by atoms with E-state index in [1.54, 1.807) is 12.1 Å². The number of primary amides is 1. The number of hydrogen-bond acceptors (Lipinski definition) is 4.